The van der Waals surface area contributed by atoms with Crippen LogP contribution in [-0.2, 0) is 11.2 Å². The summed E-state index contributed by atoms with van der Waals surface area (Å²) in [5, 5.41) is 21.7. The third-order valence-electron chi connectivity index (χ3n) is 7.19. The molecule has 2 N–H and O–H groups in total. The third-order valence-corrected chi connectivity index (χ3v) is 7.19. The standard InChI is InChI=1S/C28H33FN2O4/c1-35-21-9-10-26-23(17-21)22(12-14-30-26)27(32)11-8-19-13-16-31(18-24(19)28(33)34)15-4-6-20-5-2-3-7-25(20)29/h2-3,5,7,9-10,12,14,17,19,24,27,32H,4,6,8,11,13,15-16,18H2,1H3,(H,33,34)/t19-,24+,27?/m1/s1. The molecule has 2 heterocycles. The van der Waals surface area contributed by atoms with Gasteiger partial charge in [0.1, 0.15) is 11.6 Å². The molecule has 7 heteroatoms. The molecule has 0 amide bonds. The van der Waals surface area contributed by atoms with Gasteiger partial charge in [0.25, 0.3) is 0 Å². The highest BCUT2D eigenvalue weighted by Gasteiger charge is 2.34. The van der Waals surface area contributed by atoms with Crippen LogP contribution in [0.2, 0.25) is 0 Å². The van der Waals surface area contributed by atoms with E-state index in [2.05, 4.69) is 9.88 Å². The molecule has 0 aliphatic carbocycles. The summed E-state index contributed by atoms with van der Waals surface area (Å²) in [6.45, 7) is 2.05. The van der Waals surface area contributed by atoms with E-state index in [9.17, 15) is 19.4 Å². The molecular weight excluding hydrogens is 447 g/mol. The molecule has 1 aliphatic heterocycles. The van der Waals surface area contributed by atoms with Gasteiger partial charge in [-0.1, -0.05) is 18.2 Å². The molecule has 1 aliphatic rings. The Morgan fingerprint density at radius 1 is 1.26 bits per heavy atom. The van der Waals surface area contributed by atoms with Crippen molar-refractivity contribution in [1.82, 2.24) is 9.88 Å². The van der Waals surface area contributed by atoms with Crippen LogP contribution in [0.4, 0.5) is 4.39 Å². The lowest BCUT2D eigenvalue weighted by atomic mass is 9.81. The Bertz CT molecular complexity index is 1150. The van der Waals surface area contributed by atoms with Crippen LogP contribution in [0.1, 0.15) is 42.9 Å². The van der Waals surface area contributed by atoms with Crippen molar-refractivity contribution in [2.24, 2.45) is 11.8 Å². The molecule has 1 saturated heterocycles. The van der Waals surface area contributed by atoms with Crippen molar-refractivity contribution < 1.29 is 24.1 Å². The van der Waals surface area contributed by atoms with Crippen LogP contribution >= 0.6 is 0 Å². The van der Waals surface area contributed by atoms with E-state index in [-0.39, 0.29) is 11.7 Å². The second-order valence-corrected chi connectivity index (χ2v) is 9.37. The molecule has 186 valence electrons. The van der Waals surface area contributed by atoms with Crippen molar-refractivity contribution in [3.63, 3.8) is 0 Å². The minimum Gasteiger partial charge on any atom is -0.497 e. The number of ether oxygens (including phenoxy) is 1. The summed E-state index contributed by atoms with van der Waals surface area (Å²) >= 11 is 0. The number of piperidine rings is 1. The molecule has 0 spiro atoms. The number of nitrogens with zero attached hydrogens (tertiary/aromatic N) is 2. The van der Waals surface area contributed by atoms with Crippen molar-refractivity contribution in [2.75, 3.05) is 26.7 Å². The van der Waals surface area contributed by atoms with E-state index in [1.165, 1.54) is 6.07 Å². The molecule has 4 rings (SSSR count). The quantitative estimate of drug-likeness (QED) is 0.432. The Balaban J connectivity index is 1.34. The number of rotatable bonds is 10. The SMILES string of the molecule is COc1ccc2nccc(C(O)CC[C@@H]3CCN(CCCc4ccccc4F)C[C@@H]3C(=O)O)c2c1. The Kier molecular flexibility index (Phi) is 8.31. The maximum atomic E-state index is 13.8. The summed E-state index contributed by atoms with van der Waals surface area (Å²) in [5.41, 5.74) is 2.27. The van der Waals surface area contributed by atoms with Crippen LogP contribution in [0, 0.1) is 17.7 Å². The van der Waals surface area contributed by atoms with Crippen LogP contribution in [0.25, 0.3) is 10.9 Å². The van der Waals surface area contributed by atoms with Gasteiger partial charge in [0.05, 0.1) is 24.6 Å². The van der Waals surface area contributed by atoms with E-state index in [1.807, 2.05) is 30.3 Å². The minimum absolute atomic E-state index is 0.00704. The van der Waals surface area contributed by atoms with Crippen LogP contribution in [0.3, 0.4) is 0 Å². The molecule has 3 aromatic rings. The highest BCUT2D eigenvalue weighted by Crippen LogP contribution is 2.33. The van der Waals surface area contributed by atoms with Crippen LogP contribution in [0.5, 0.6) is 5.75 Å². The molecule has 3 atom stereocenters. The van der Waals surface area contributed by atoms with Gasteiger partial charge in [0.15, 0.2) is 0 Å². The number of methoxy groups -OCH3 is 1. The number of carbonyl (C=O) groups is 1. The molecule has 1 unspecified atom stereocenters. The van der Waals surface area contributed by atoms with E-state index in [0.29, 0.717) is 37.1 Å². The number of aromatic nitrogens is 1. The lowest BCUT2D eigenvalue weighted by molar-refractivity contribution is -0.146. The fourth-order valence-corrected chi connectivity index (χ4v) is 5.18. The van der Waals surface area contributed by atoms with Crippen LogP contribution in [0.15, 0.2) is 54.7 Å². The van der Waals surface area contributed by atoms with Gasteiger partial charge in [-0.15, -0.1) is 0 Å². The molecule has 2 aromatic carbocycles. The number of fused-ring (bicyclic) bond motifs is 1. The van der Waals surface area contributed by atoms with E-state index < -0.39 is 18.0 Å². The highest BCUT2D eigenvalue weighted by molar-refractivity contribution is 5.83. The number of aliphatic hydroxyl groups excluding tert-OH is 1. The zero-order valence-electron chi connectivity index (χ0n) is 20.1. The molecule has 35 heavy (non-hydrogen) atoms. The molecule has 1 aromatic heterocycles. The van der Waals surface area contributed by atoms with Gasteiger partial charge in [-0.2, -0.15) is 0 Å². The molecule has 0 radical (unpaired) electrons. The number of benzene rings is 2. The number of aliphatic carboxylic acids is 1. The monoisotopic (exact) mass is 480 g/mol. The smallest absolute Gasteiger partial charge is 0.308 e. The van der Waals surface area contributed by atoms with Gasteiger partial charge in [-0.3, -0.25) is 9.78 Å². The summed E-state index contributed by atoms with van der Waals surface area (Å²) in [6.07, 6.45) is 4.30. The molecule has 1 fully saturated rings. The zero-order valence-corrected chi connectivity index (χ0v) is 20.1. The van der Waals surface area contributed by atoms with Crippen molar-refractivity contribution in [3.05, 3.63) is 71.7 Å². The number of aryl methyl sites for hydroxylation is 1. The minimum atomic E-state index is -0.789. The molecule has 6 nitrogen and oxygen atoms in total. The van der Waals surface area contributed by atoms with Gasteiger partial charge in [0.2, 0.25) is 0 Å². The largest absolute Gasteiger partial charge is 0.497 e. The van der Waals surface area contributed by atoms with Gasteiger partial charge in [-0.25, -0.2) is 4.39 Å². The first kappa shape index (κ1) is 25.1. The maximum absolute atomic E-state index is 13.8. The number of carboxylic acid groups (broad SMARTS) is 1. The number of pyridine rings is 1. The Morgan fingerprint density at radius 2 is 2.09 bits per heavy atom. The average Bonchev–Trinajstić information content (AvgIpc) is 2.88. The number of carboxylic acids is 1. The van der Waals surface area contributed by atoms with Gasteiger partial charge in [-0.05, 0) is 92.6 Å². The number of aliphatic hydroxyl groups is 1. The maximum Gasteiger partial charge on any atom is 0.308 e. The van der Waals surface area contributed by atoms with Crippen molar-refractivity contribution >= 4 is 16.9 Å². The number of hydrogen-bond acceptors (Lipinski definition) is 5. The van der Waals surface area contributed by atoms with Crippen molar-refractivity contribution in [2.45, 2.75) is 38.2 Å². The second kappa shape index (κ2) is 11.6. The summed E-state index contributed by atoms with van der Waals surface area (Å²) in [7, 11) is 1.60. The fourth-order valence-electron chi connectivity index (χ4n) is 5.18. The van der Waals surface area contributed by atoms with Gasteiger partial charge in [0, 0.05) is 18.1 Å². The highest BCUT2D eigenvalue weighted by atomic mass is 19.1. The Morgan fingerprint density at radius 3 is 2.86 bits per heavy atom. The van der Waals surface area contributed by atoms with Crippen molar-refractivity contribution in [3.8, 4) is 5.75 Å². The predicted octanol–water partition coefficient (Wildman–Crippen LogP) is 4.85. The fraction of sp³-hybridized carbons (Fsp3) is 0.429. The van der Waals surface area contributed by atoms with Crippen molar-refractivity contribution in [1.29, 1.82) is 0 Å². The summed E-state index contributed by atoms with van der Waals surface area (Å²) < 4.78 is 19.2. The molecular formula is C28H33FN2O4. The van der Waals surface area contributed by atoms with E-state index in [4.69, 9.17) is 4.74 Å². The van der Waals surface area contributed by atoms with E-state index in [0.717, 1.165) is 42.4 Å². The van der Waals surface area contributed by atoms with Crippen LogP contribution in [-0.4, -0.2) is 52.8 Å². The third kappa shape index (κ3) is 6.16. The Hall–Kier alpha value is -3.03. The summed E-state index contributed by atoms with van der Waals surface area (Å²) in [4.78, 5) is 18.6. The molecule has 0 saturated carbocycles. The average molecular weight is 481 g/mol. The zero-order chi connectivity index (χ0) is 24.8. The topological polar surface area (TPSA) is 82.9 Å². The van der Waals surface area contributed by atoms with Gasteiger partial charge < -0.3 is 19.8 Å². The first-order valence-electron chi connectivity index (χ1n) is 12.3. The van der Waals surface area contributed by atoms with Gasteiger partial charge >= 0.3 is 5.97 Å². The first-order valence-corrected chi connectivity index (χ1v) is 12.3. The number of hydrogen-bond donors (Lipinski definition) is 2. The summed E-state index contributed by atoms with van der Waals surface area (Å²) in [6, 6.07) is 14.2. The van der Waals surface area contributed by atoms with Crippen LogP contribution < -0.4 is 4.74 Å². The molecule has 0 bridgehead atoms. The second-order valence-electron chi connectivity index (χ2n) is 9.37. The first-order chi connectivity index (χ1) is 17.0. The summed E-state index contributed by atoms with van der Waals surface area (Å²) in [5.74, 6) is -0.741. The number of likely N-dealkylation sites (tertiary alicyclic amines) is 1. The lowest BCUT2D eigenvalue weighted by Crippen LogP contribution is -2.44. The normalized spacial score (nSPS) is 19.5. The Labute approximate surface area is 205 Å². The lowest BCUT2D eigenvalue weighted by Gasteiger charge is -2.37. The van der Waals surface area contributed by atoms with E-state index >= 15 is 0 Å². The predicted molar refractivity (Wildman–Crippen MR) is 133 cm³/mol. The number of halogens is 1. The van der Waals surface area contributed by atoms with E-state index in [1.54, 1.807) is 25.4 Å².